The minimum absolute atomic E-state index is 0.0167. The number of benzene rings is 1. The zero-order valence-corrected chi connectivity index (χ0v) is 15.1. The maximum atomic E-state index is 11.8. The van der Waals surface area contributed by atoms with Gasteiger partial charge in [-0.05, 0) is 39.0 Å². The van der Waals surface area contributed by atoms with Gasteiger partial charge in [-0.15, -0.1) is 0 Å². The maximum Gasteiger partial charge on any atom is 0.327 e. The molecular formula is C19H19ClN2O3. The van der Waals surface area contributed by atoms with Crippen molar-refractivity contribution in [3.63, 3.8) is 0 Å². The molecule has 0 amide bonds. The summed E-state index contributed by atoms with van der Waals surface area (Å²) in [6, 6.07) is 11.8. The number of aromatic nitrogens is 2. The molecule has 2 heterocycles. The van der Waals surface area contributed by atoms with Gasteiger partial charge in [0.1, 0.15) is 18.0 Å². The van der Waals surface area contributed by atoms with Crippen LogP contribution in [0.2, 0.25) is 5.02 Å². The Morgan fingerprint density at radius 3 is 2.72 bits per heavy atom. The van der Waals surface area contributed by atoms with Gasteiger partial charge < -0.3 is 9.15 Å². The molecule has 3 aromatic rings. The first-order chi connectivity index (χ1) is 12.0. The highest BCUT2D eigenvalue weighted by molar-refractivity contribution is 6.33. The Morgan fingerprint density at radius 2 is 2.00 bits per heavy atom. The topological polar surface area (TPSA) is 57.3 Å². The van der Waals surface area contributed by atoms with Crippen molar-refractivity contribution in [3.8, 4) is 22.8 Å². The van der Waals surface area contributed by atoms with E-state index in [4.69, 9.17) is 20.8 Å². The van der Waals surface area contributed by atoms with Crippen LogP contribution in [0.1, 0.15) is 18.2 Å². The summed E-state index contributed by atoms with van der Waals surface area (Å²) in [6.45, 7) is 5.89. The molecule has 0 saturated heterocycles. The molecule has 3 rings (SSSR count). The first kappa shape index (κ1) is 17.3. The summed E-state index contributed by atoms with van der Waals surface area (Å²) < 4.78 is 12.5. The van der Waals surface area contributed by atoms with Crippen molar-refractivity contribution < 1.29 is 13.9 Å². The van der Waals surface area contributed by atoms with Crippen molar-refractivity contribution in [2.75, 3.05) is 6.61 Å². The minimum Gasteiger partial charge on any atom is -0.465 e. The Morgan fingerprint density at radius 1 is 1.24 bits per heavy atom. The molecule has 2 aromatic heterocycles. The minimum atomic E-state index is -0.367. The number of ether oxygens (including phenoxy) is 1. The molecule has 0 aliphatic heterocycles. The molecule has 0 spiro atoms. The molecule has 5 nitrogen and oxygen atoms in total. The third kappa shape index (κ3) is 3.61. The summed E-state index contributed by atoms with van der Waals surface area (Å²) in [4.78, 5) is 11.8. The number of carbonyl (C=O) groups is 1. The van der Waals surface area contributed by atoms with Crippen LogP contribution in [-0.4, -0.2) is 22.4 Å². The lowest BCUT2D eigenvalue weighted by atomic mass is 10.1. The van der Waals surface area contributed by atoms with E-state index in [0.29, 0.717) is 28.8 Å². The lowest BCUT2D eigenvalue weighted by Crippen LogP contribution is -2.15. The highest BCUT2D eigenvalue weighted by Gasteiger charge is 2.21. The van der Waals surface area contributed by atoms with Crippen LogP contribution in [0.15, 0.2) is 40.8 Å². The normalized spacial score (nSPS) is 10.9. The molecule has 0 aliphatic rings. The van der Waals surface area contributed by atoms with Gasteiger partial charge in [-0.3, -0.25) is 4.79 Å². The smallest absolute Gasteiger partial charge is 0.327 e. The largest absolute Gasteiger partial charge is 0.465 e. The van der Waals surface area contributed by atoms with Crippen LogP contribution in [0.3, 0.4) is 0 Å². The van der Waals surface area contributed by atoms with Gasteiger partial charge in [0.2, 0.25) is 0 Å². The zero-order valence-electron chi connectivity index (χ0n) is 14.4. The van der Waals surface area contributed by atoms with Crippen molar-refractivity contribution in [1.82, 2.24) is 9.78 Å². The predicted octanol–water partition coefficient (Wildman–Crippen LogP) is 4.64. The van der Waals surface area contributed by atoms with E-state index >= 15 is 0 Å². The highest BCUT2D eigenvalue weighted by Crippen LogP contribution is 2.34. The number of esters is 1. The number of halogens is 1. The van der Waals surface area contributed by atoms with E-state index in [9.17, 15) is 4.79 Å². The Bertz CT molecular complexity index is 911. The quantitative estimate of drug-likeness (QED) is 0.623. The first-order valence-corrected chi connectivity index (χ1v) is 8.43. The van der Waals surface area contributed by atoms with Crippen molar-refractivity contribution >= 4 is 17.6 Å². The van der Waals surface area contributed by atoms with Crippen molar-refractivity contribution in [2.45, 2.75) is 27.3 Å². The van der Waals surface area contributed by atoms with Crippen LogP contribution in [-0.2, 0) is 16.1 Å². The van der Waals surface area contributed by atoms with Crippen LogP contribution >= 0.6 is 11.6 Å². The molecule has 0 saturated carbocycles. The lowest BCUT2D eigenvalue weighted by molar-refractivity contribution is -0.144. The van der Waals surface area contributed by atoms with Gasteiger partial charge in [0, 0.05) is 5.56 Å². The second-order valence-electron chi connectivity index (χ2n) is 5.74. The van der Waals surface area contributed by atoms with E-state index in [1.807, 2.05) is 43.3 Å². The Hall–Kier alpha value is -2.53. The van der Waals surface area contributed by atoms with E-state index in [1.54, 1.807) is 13.8 Å². The fourth-order valence-corrected chi connectivity index (χ4v) is 2.89. The Labute approximate surface area is 151 Å². The van der Waals surface area contributed by atoms with E-state index in [2.05, 4.69) is 5.10 Å². The monoisotopic (exact) mass is 358 g/mol. The fourth-order valence-electron chi connectivity index (χ4n) is 2.66. The standard InChI is InChI=1S/C19H19ClN2O3/c1-4-24-17(23)11-22-19(18(20)13(3)21-22)16-9-8-15(25-16)14-7-5-6-12(2)10-14/h5-10H,4,11H2,1-3H3. The molecule has 6 heteroatoms. The first-order valence-electron chi connectivity index (χ1n) is 8.05. The van der Waals surface area contributed by atoms with Gasteiger partial charge in [0.15, 0.2) is 5.76 Å². The number of hydrogen-bond acceptors (Lipinski definition) is 4. The van der Waals surface area contributed by atoms with Gasteiger partial charge in [0.25, 0.3) is 0 Å². The summed E-state index contributed by atoms with van der Waals surface area (Å²) in [6.07, 6.45) is 0. The van der Waals surface area contributed by atoms with Crippen LogP contribution in [0.5, 0.6) is 0 Å². The third-order valence-electron chi connectivity index (χ3n) is 3.78. The average Bonchev–Trinajstić information content (AvgIpc) is 3.13. The molecule has 0 N–H and O–H groups in total. The van der Waals surface area contributed by atoms with Gasteiger partial charge in [0.05, 0.1) is 17.3 Å². The number of aryl methyl sites for hydroxylation is 2. The molecule has 0 unspecified atom stereocenters. The number of furan rings is 1. The van der Waals surface area contributed by atoms with Gasteiger partial charge in [-0.25, -0.2) is 4.68 Å². The summed E-state index contributed by atoms with van der Waals surface area (Å²) in [7, 11) is 0. The molecule has 0 atom stereocenters. The van der Waals surface area contributed by atoms with E-state index in [-0.39, 0.29) is 12.5 Å². The van der Waals surface area contributed by atoms with Gasteiger partial charge >= 0.3 is 5.97 Å². The Balaban J connectivity index is 1.98. The van der Waals surface area contributed by atoms with E-state index in [1.165, 1.54) is 4.68 Å². The zero-order chi connectivity index (χ0) is 18.0. The molecule has 0 radical (unpaired) electrons. The summed E-state index contributed by atoms with van der Waals surface area (Å²) in [5.41, 5.74) is 3.34. The van der Waals surface area contributed by atoms with Crippen LogP contribution in [0.4, 0.5) is 0 Å². The van der Waals surface area contributed by atoms with Crippen LogP contribution in [0.25, 0.3) is 22.8 Å². The number of rotatable bonds is 5. The van der Waals surface area contributed by atoms with Gasteiger partial charge in [-0.1, -0.05) is 35.4 Å². The molecule has 0 fully saturated rings. The Kier molecular flexibility index (Phi) is 4.95. The molecule has 130 valence electrons. The van der Waals surface area contributed by atoms with E-state index < -0.39 is 0 Å². The second-order valence-corrected chi connectivity index (χ2v) is 6.12. The lowest BCUT2D eigenvalue weighted by Gasteiger charge is -2.06. The van der Waals surface area contributed by atoms with Crippen molar-refractivity contribution in [2.24, 2.45) is 0 Å². The van der Waals surface area contributed by atoms with Crippen LogP contribution in [0, 0.1) is 13.8 Å². The second kappa shape index (κ2) is 7.15. The number of carbonyl (C=O) groups excluding carboxylic acids is 1. The molecule has 0 bridgehead atoms. The average molecular weight is 359 g/mol. The fraction of sp³-hybridized carbons (Fsp3) is 0.263. The van der Waals surface area contributed by atoms with Crippen LogP contribution < -0.4 is 0 Å². The predicted molar refractivity (Wildman–Crippen MR) is 96.5 cm³/mol. The number of nitrogens with zero attached hydrogens (tertiary/aromatic N) is 2. The molecule has 0 aliphatic carbocycles. The highest BCUT2D eigenvalue weighted by atomic mass is 35.5. The summed E-state index contributed by atoms with van der Waals surface area (Å²) in [5, 5.41) is 4.80. The summed E-state index contributed by atoms with van der Waals surface area (Å²) >= 11 is 6.39. The van der Waals surface area contributed by atoms with E-state index in [0.717, 1.165) is 16.9 Å². The summed E-state index contributed by atoms with van der Waals surface area (Å²) in [5.74, 6) is 0.927. The van der Waals surface area contributed by atoms with Crippen molar-refractivity contribution in [3.05, 3.63) is 52.7 Å². The molecule has 25 heavy (non-hydrogen) atoms. The maximum absolute atomic E-state index is 11.8. The van der Waals surface area contributed by atoms with Crippen molar-refractivity contribution in [1.29, 1.82) is 0 Å². The third-order valence-corrected chi connectivity index (χ3v) is 4.23. The molecule has 1 aromatic carbocycles. The number of hydrogen-bond donors (Lipinski definition) is 0. The van der Waals surface area contributed by atoms with Gasteiger partial charge in [-0.2, -0.15) is 5.10 Å². The molecular weight excluding hydrogens is 340 g/mol. The SMILES string of the molecule is CCOC(=O)Cn1nc(C)c(Cl)c1-c1ccc(-c2cccc(C)c2)o1.